The van der Waals surface area contributed by atoms with E-state index in [4.69, 9.17) is 5.73 Å². The highest BCUT2D eigenvalue weighted by Gasteiger charge is 2.18. The average Bonchev–Trinajstić information content (AvgIpc) is 2.67. The third kappa shape index (κ3) is 1.72. The van der Waals surface area contributed by atoms with Crippen LogP contribution in [-0.2, 0) is 6.54 Å². The minimum Gasteiger partial charge on any atom is -0.355 e. The summed E-state index contributed by atoms with van der Waals surface area (Å²) in [5.74, 6) is 1.12. The summed E-state index contributed by atoms with van der Waals surface area (Å²) >= 11 is 0. The van der Waals surface area contributed by atoms with Gasteiger partial charge >= 0.3 is 0 Å². The zero-order chi connectivity index (χ0) is 9.97. The van der Waals surface area contributed by atoms with Crippen LogP contribution in [0.5, 0.6) is 0 Å². The lowest BCUT2D eigenvalue weighted by Crippen LogP contribution is -2.40. The van der Waals surface area contributed by atoms with Gasteiger partial charge < -0.3 is 10.6 Å². The second-order valence-corrected chi connectivity index (χ2v) is 3.73. The van der Waals surface area contributed by atoms with Crippen molar-refractivity contribution in [3.63, 3.8) is 0 Å². The first-order chi connectivity index (χ1) is 6.81. The molecule has 1 aliphatic rings. The van der Waals surface area contributed by atoms with Crippen molar-refractivity contribution in [2.24, 2.45) is 5.73 Å². The molecule has 2 rings (SSSR count). The molecule has 0 atom stereocenters. The molecular weight excluding hydrogens is 178 g/mol. The average molecular weight is 195 g/mol. The molecule has 0 radical (unpaired) electrons. The van der Waals surface area contributed by atoms with Crippen LogP contribution in [0.4, 0.5) is 5.82 Å². The van der Waals surface area contributed by atoms with E-state index in [2.05, 4.69) is 22.1 Å². The van der Waals surface area contributed by atoms with E-state index in [0.717, 1.165) is 38.3 Å². The van der Waals surface area contributed by atoms with Gasteiger partial charge in [-0.25, -0.2) is 4.68 Å². The van der Waals surface area contributed by atoms with Crippen molar-refractivity contribution in [1.82, 2.24) is 15.0 Å². The van der Waals surface area contributed by atoms with Gasteiger partial charge in [-0.05, 0) is 19.8 Å². The smallest absolute Gasteiger partial charge is 0.147 e. The van der Waals surface area contributed by atoms with Gasteiger partial charge in [0.2, 0.25) is 0 Å². The minimum absolute atomic E-state index is 0.372. The van der Waals surface area contributed by atoms with Gasteiger partial charge in [0, 0.05) is 25.7 Å². The number of nitrogens with zero attached hydrogens (tertiary/aromatic N) is 4. The largest absolute Gasteiger partial charge is 0.355 e. The third-order valence-corrected chi connectivity index (χ3v) is 2.76. The molecule has 2 heterocycles. The highest BCUT2D eigenvalue weighted by atomic mass is 15.5. The number of nitrogens with two attached hydrogens (primary N) is 1. The summed E-state index contributed by atoms with van der Waals surface area (Å²) in [7, 11) is 0. The number of rotatable bonds is 2. The lowest BCUT2D eigenvalue weighted by Gasteiger charge is -2.31. The summed E-state index contributed by atoms with van der Waals surface area (Å²) in [5, 5.41) is 7.95. The van der Waals surface area contributed by atoms with Crippen LogP contribution in [-0.4, -0.2) is 34.1 Å². The van der Waals surface area contributed by atoms with Crippen LogP contribution >= 0.6 is 0 Å². The Morgan fingerprint density at radius 2 is 2.21 bits per heavy atom. The summed E-state index contributed by atoms with van der Waals surface area (Å²) in [6, 6.07) is 0.372. The molecular formula is C9H17N5. The molecule has 5 nitrogen and oxygen atoms in total. The van der Waals surface area contributed by atoms with Gasteiger partial charge in [0.1, 0.15) is 5.82 Å². The van der Waals surface area contributed by atoms with Gasteiger partial charge in [0.15, 0.2) is 0 Å². The SMILES string of the molecule is CCn1nncc1N1CCC(N)CC1. The lowest BCUT2D eigenvalue weighted by molar-refractivity contribution is 0.488. The van der Waals surface area contributed by atoms with Crippen LogP contribution in [0.15, 0.2) is 6.20 Å². The number of aryl methyl sites for hydroxylation is 1. The fourth-order valence-corrected chi connectivity index (χ4v) is 1.85. The maximum Gasteiger partial charge on any atom is 0.147 e. The monoisotopic (exact) mass is 195 g/mol. The molecule has 0 aliphatic carbocycles. The van der Waals surface area contributed by atoms with E-state index in [1.165, 1.54) is 0 Å². The molecule has 1 fully saturated rings. The Morgan fingerprint density at radius 3 is 2.86 bits per heavy atom. The van der Waals surface area contributed by atoms with Crippen LogP contribution in [0.1, 0.15) is 19.8 Å². The maximum atomic E-state index is 5.86. The third-order valence-electron chi connectivity index (χ3n) is 2.76. The number of aromatic nitrogens is 3. The molecule has 1 aromatic heterocycles. The lowest BCUT2D eigenvalue weighted by atomic mass is 10.1. The number of hydrogen-bond donors (Lipinski definition) is 1. The van der Waals surface area contributed by atoms with Gasteiger partial charge in [-0.15, -0.1) is 5.10 Å². The molecule has 1 saturated heterocycles. The summed E-state index contributed by atoms with van der Waals surface area (Å²) in [6.45, 7) is 4.99. The predicted octanol–water partition coefficient (Wildman–Crippen LogP) is 0.226. The van der Waals surface area contributed by atoms with Crippen LogP contribution in [0.25, 0.3) is 0 Å². The number of anilines is 1. The second kappa shape index (κ2) is 3.96. The molecule has 0 aromatic carbocycles. The minimum atomic E-state index is 0.372. The summed E-state index contributed by atoms with van der Waals surface area (Å²) in [5.41, 5.74) is 5.86. The number of piperidine rings is 1. The van der Waals surface area contributed by atoms with Gasteiger partial charge in [0.05, 0.1) is 6.20 Å². The van der Waals surface area contributed by atoms with Crippen molar-refractivity contribution in [3.05, 3.63) is 6.20 Å². The molecule has 0 bridgehead atoms. The van der Waals surface area contributed by atoms with E-state index < -0.39 is 0 Å². The van der Waals surface area contributed by atoms with E-state index in [-0.39, 0.29) is 0 Å². The first kappa shape index (κ1) is 9.45. The van der Waals surface area contributed by atoms with Crippen LogP contribution in [0.2, 0.25) is 0 Å². The molecule has 5 heteroatoms. The van der Waals surface area contributed by atoms with E-state index in [9.17, 15) is 0 Å². The second-order valence-electron chi connectivity index (χ2n) is 3.73. The van der Waals surface area contributed by atoms with Crippen molar-refractivity contribution in [2.75, 3.05) is 18.0 Å². The molecule has 1 aliphatic heterocycles. The molecule has 0 saturated carbocycles. The molecule has 0 amide bonds. The van der Waals surface area contributed by atoms with Gasteiger partial charge in [-0.3, -0.25) is 0 Å². The first-order valence-corrected chi connectivity index (χ1v) is 5.20. The van der Waals surface area contributed by atoms with E-state index in [1.54, 1.807) is 0 Å². The normalized spacial score (nSPS) is 18.9. The van der Waals surface area contributed by atoms with Crippen LogP contribution in [0, 0.1) is 0 Å². The standard InChI is InChI=1S/C9H17N5/c1-2-14-9(7-11-12-14)13-5-3-8(10)4-6-13/h7-8H,2-6,10H2,1H3. The molecule has 0 unspecified atom stereocenters. The van der Waals surface area contributed by atoms with E-state index in [1.807, 2.05) is 10.9 Å². The Balaban J connectivity index is 2.08. The van der Waals surface area contributed by atoms with Gasteiger partial charge in [-0.2, -0.15) is 0 Å². The van der Waals surface area contributed by atoms with Crippen molar-refractivity contribution in [3.8, 4) is 0 Å². The van der Waals surface area contributed by atoms with E-state index >= 15 is 0 Å². The van der Waals surface area contributed by atoms with Gasteiger partial charge in [0.25, 0.3) is 0 Å². The molecule has 1 aromatic rings. The molecule has 78 valence electrons. The van der Waals surface area contributed by atoms with Crippen molar-refractivity contribution < 1.29 is 0 Å². The predicted molar refractivity (Wildman–Crippen MR) is 55.1 cm³/mol. The highest BCUT2D eigenvalue weighted by Crippen LogP contribution is 2.17. The Kier molecular flexibility index (Phi) is 2.67. The van der Waals surface area contributed by atoms with Crippen molar-refractivity contribution >= 4 is 5.82 Å². The summed E-state index contributed by atoms with van der Waals surface area (Å²) in [4.78, 5) is 2.31. The van der Waals surface area contributed by atoms with Crippen molar-refractivity contribution in [2.45, 2.75) is 32.4 Å². The summed E-state index contributed by atoms with van der Waals surface area (Å²) in [6.07, 6.45) is 3.96. The Bertz CT molecular complexity index is 287. The van der Waals surface area contributed by atoms with Gasteiger partial charge in [-0.1, -0.05) is 5.21 Å². The maximum absolute atomic E-state index is 5.86. The van der Waals surface area contributed by atoms with Crippen molar-refractivity contribution in [1.29, 1.82) is 0 Å². The van der Waals surface area contributed by atoms with E-state index in [0.29, 0.717) is 6.04 Å². The topological polar surface area (TPSA) is 60.0 Å². The molecule has 14 heavy (non-hydrogen) atoms. The fourth-order valence-electron chi connectivity index (χ4n) is 1.85. The number of hydrogen-bond acceptors (Lipinski definition) is 4. The Labute approximate surface area is 83.9 Å². The molecule has 2 N–H and O–H groups in total. The zero-order valence-electron chi connectivity index (χ0n) is 8.56. The van der Waals surface area contributed by atoms with Crippen LogP contribution < -0.4 is 10.6 Å². The fraction of sp³-hybridized carbons (Fsp3) is 0.778. The Morgan fingerprint density at radius 1 is 1.50 bits per heavy atom. The highest BCUT2D eigenvalue weighted by molar-refractivity contribution is 5.36. The summed E-state index contributed by atoms with van der Waals surface area (Å²) < 4.78 is 1.93. The molecule has 0 spiro atoms. The Hall–Kier alpha value is -1.10. The quantitative estimate of drug-likeness (QED) is 0.733. The first-order valence-electron chi connectivity index (χ1n) is 5.20. The van der Waals surface area contributed by atoms with Crippen LogP contribution in [0.3, 0.4) is 0 Å². The zero-order valence-corrected chi connectivity index (χ0v) is 8.56.